The monoisotopic (exact) mass is 242 g/mol. The number of hydrogen-bond donors (Lipinski definition) is 2. The Kier molecular flexibility index (Phi) is 7.21. The average Bonchev–Trinajstić information content (AvgIpc) is 2.85. The molecule has 4 heteroatoms. The van der Waals surface area contributed by atoms with Crippen LogP contribution < -0.4 is 11.1 Å². The molecule has 1 aliphatic heterocycles. The summed E-state index contributed by atoms with van der Waals surface area (Å²) in [5.41, 5.74) is 5.54. The van der Waals surface area contributed by atoms with Crippen LogP contribution in [-0.4, -0.2) is 32.2 Å². The van der Waals surface area contributed by atoms with Crippen molar-refractivity contribution in [3.63, 3.8) is 0 Å². The van der Waals surface area contributed by atoms with E-state index in [1.165, 1.54) is 0 Å². The van der Waals surface area contributed by atoms with Crippen molar-refractivity contribution >= 4 is 5.91 Å². The van der Waals surface area contributed by atoms with E-state index in [0.29, 0.717) is 18.3 Å². The zero-order valence-electron chi connectivity index (χ0n) is 10.9. The molecule has 4 nitrogen and oxygen atoms in total. The molecule has 1 fully saturated rings. The second kappa shape index (κ2) is 8.48. The van der Waals surface area contributed by atoms with Crippen LogP contribution in [-0.2, 0) is 9.53 Å². The first-order chi connectivity index (χ1) is 8.26. The first-order valence-corrected chi connectivity index (χ1v) is 6.80. The Hall–Kier alpha value is -0.610. The number of hydrogen-bond acceptors (Lipinski definition) is 3. The van der Waals surface area contributed by atoms with Gasteiger partial charge < -0.3 is 15.8 Å². The smallest absolute Gasteiger partial charge is 0.220 e. The Bertz CT molecular complexity index is 215. The van der Waals surface area contributed by atoms with Crippen molar-refractivity contribution in [3.05, 3.63) is 0 Å². The largest absolute Gasteiger partial charge is 0.381 e. The molecule has 100 valence electrons. The van der Waals surface area contributed by atoms with E-state index >= 15 is 0 Å². The molecule has 2 atom stereocenters. The van der Waals surface area contributed by atoms with Gasteiger partial charge in [-0.25, -0.2) is 0 Å². The first-order valence-electron chi connectivity index (χ1n) is 6.80. The van der Waals surface area contributed by atoms with Crippen molar-refractivity contribution in [2.75, 3.05) is 26.3 Å². The fourth-order valence-corrected chi connectivity index (χ4v) is 2.21. The Morgan fingerprint density at radius 2 is 2.35 bits per heavy atom. The molecular formula is C13H26N2O2. The zero-order chi connectivity index (χ0) is 12.5. The highest BCUT2D eigenvalue weighted by Gasteiger charge is 2.16. The summed E-state index contributed by atoms with van der Waals surface area (Å²) in [6, 6.07) is 0. The third kappa shape index (κ3) is 6.03. The van der Waals surface area contributed by atoms with Crippen molar-refractivity contribution in [1.29, 1.82) is 0 Å². The van der Waals surface area contributed by atoms with E-state index in [0.717, 1.165) is 52.0 Å². The predicted molar refractivity (Wildman–Crippen MR) is 68.6 cm³/mol. The minimum absolute atomic E-state index is 0.173. The van der Waals surface area contributed by atoms with Gasteiger partial charge in [-0.3, -0.25) is 4.79 Å². The molecule has 1 rings (SSSR count). The molecule has 0 radical (unpaired) electrons. The van der Waals surface area contributed by atoms with Crippen molar-refractivity contribution in [1.82, 2.24) is 5.32 Å². The second-order valence-corrected chi connectivity index (χ2v) is 4.92. The van der Waals surface area contributed by atoms with Crippen LogP contribution in [0.2, 0.25) is 0 Å². The molecule has 1 aliphatic rings. The van der Waals surface area contributed by atoms with Crippen LogP contribution in [0.15, 0.2) is 0 Å². The molecular weight excluding hydrogens is 216 g/mol. The number of ether oxygens (including phenoxy) is 1. The van der Waals surface area contributed by atoms with Crippen molar-refractivity contribution in [2.24, 2.45) is 17.6 Å². The molecule has 0 aromatic rings. The van der Waals surface area contributed by atoms with Crippen molar-refractivity contribution in [2.45, 2.75) is 39.0 Å². The number of nitrogens with one attached hydrogen (secondary N) is 1. The van der Waals surface area contributed by atoms with Gasteiger partial charge in [-0.2, -0.15) is 0 Å². The van der Waals surface area contributed by atoms with Crippen molar-refractivity contribution < 1.29 is 9.53 Å². The van der Waals surface area contributed by atoms with E-state index in [-0.39, 0.29) is 5.91 Å². The van der Waals surface area contributed by atoms with Crippen LogP contribution >= 0.6 is 0 Å². The third-order valence-electron chi connectivity index (χ3n) is 3.54. The minimum atomic E-state index is 0.173. The van der Waals surface area contributed by atoms with Crippen LogP contribution in [0.1, 0.15) is 39.0 Å². The van der Waals surface area contributed by atoms with Gasteiger partial charge in [-0.05, 0) is 31.7 Å². The van der Waals surface area contributed by atoms with E-state index in [4.69, 9.17) is 10.5 Å². The highest BCUT2D eigenvalue weighted by atomic mass is 16.5. The molecule has 0 aromatic carbocycles. The molecule has 1 heterocycles. The number of amides is 1. The standard InChI is InChI=1S/C13H26N2O2/c1-2-11(5-7-14)3-4-13(16)15-9-12-6-8-17-10-12/h11-12H,2-10,14H2,1H3,(H,15,16). The highest BCUT2D eigenvalue weighted by Crippen LogP contribution is 2.14. The lowest BCUT2D eigenvalue weighted by molar-refractivity contribution is -0.121. The maximum Gasteiger partial charge on any atom is 0.220 e. The van der Waals surface area contributed by atoms with Crippen LogP contribution in [0.5, 0.6) is 0 Å². The van der Waals surface area contributed by atoms with Gasteiger partial charge in [0.05, 0.1) is 6.61 Å². The summed E-state index contributed by atoms with van der Waals surface area (Å²) in [6.45, 7) is 5.29. The SMILES string of the molecule is CCC(CCN)CCC(=O)NCC1CCOC1. The quantitative estimate of drug-likeness (QED) is 0.674. The molecule has 1 saturated heterocycles. The molecule has 0 aliphatic carbocycles. The summed E-state index contributed by atoms with van der Waals surface area (Å²) in [6.07, 6.45) is 4.80. The molecule has 0 saturated carbocycles. The van der Waals surface area contributed by atoms with E-state index in [1.807, 2.05) is 0 Å². The third-order valence-corrected chi connectivity index (χ3v) is 3.54. The highest BCUT2D eigenvalue weighted by molar-refractivity contribution is 5.75. The lowest BCUT2D eigenvalue weighted by Crippen LogP contribution is -2.29. The van der Waals surface area contributed by atoms with Gasteiger partial charge in [0.2, 0.25) is 5.91 Å². The van der Waals surface area contributed by atoms with Gasteiger partial charge in [-0.15, -0.1) is 0 Å². The van der Waals surface area contributed by atoms with E-state index in [1.54, 1.807) is 0 Å². The molecule has 2 unspecified atom stereocenters. The van der Waals surface area contributed by atoms with Crippen LogP contribution in [0.25, 0.3) is 0 Å². The summed E-state index contributed by atoms with van der Waals surface area (Å²) in [7, 11) is 0. The Morgan fingerprint density at radius 3 is 2.94 bits per heavy atom. The van der Waals surface area contributed by atoms with E-state index < -0.39 is 0 Å². The fraction of sp³-hybridized carbons (Fsp3) is 0.923. The summed E-state index contributed by atoms with van der Waals surface area (Å²) in [5.74, 6) is 1.29. The van der Waals surface area contributed by atoms with E-state index in [9.17, 15) is 4.79 Å². The molecule has 17 heavy (non-hydrogen) atoms. The lowest BCUT2D eigenvalue weighted by atomic mass is 9.96. The molecule has 1 amide bonds. The van der Waals surface area contributed by atoms with Gasteiger partial charge in [0, 0.05) is 25.5 Å². The van der Waals surface area contributed by atoms with Crippen LogP contribution in [0.3, 0.4) is 0 Å². The lowest BCUT2D eigenvalue weighted by Gasteiger charge is -2.14. The Labute approximate surface area is 104 Å². The van der Waals surface area contributed by atoms with Gasteiger partial charge in [0.1, 0.15) is 0 Å². The number of carbonyl (C=O) groups is 1. The summed E-state index contributed by atoms with van der Waals surface area (Å²) >= 11 is 0. The summed E-state index contributed by atoms with van der Waals surface area (Å²) < 4.78 is 5.27. The number of rotatable bonds is 8. The molecule has 0 spiro atoms. The van der Waals surface area contributed by atoms with Gasteiger partial charge in [0.15, 0.2) is 0 Å². The molecule has 0 bridgehead atoms. The van der Waals surface area contributed by atoms with Crippen LogP contribution in [0, 0.1) is 11.8 Å². The average molecular weight is 242 g/mol. The van der Waals surface area contributed by atoms with Crippen molar-refractivity contribution in [3.8, 4) is 0 Å². The summed E-state index contributed by atoms with van der Waals surface area (Å²) in [4.78, 5) is 11.6. The molecule has 0 aromatic heterocycles. The molecule has 3 N–H and O–H groups in total. The predicted octanol–water partition coefficient (Wildman–Crippen LogP) is 1.29. The number of carbonyl (C=O) groups excluding carboxylic acids is 1. The topological polar surface area (TPSA) is 64.4 Å². The maximum absolute atomic E-state index is 11.6. The van der Waals surface area contributed by atoms with Gasteiger partial charge in [-0.1, -0.05) is 13.3 Å². The number of nitrogens with two attached hydrogens (primary N) is 1. The van der Waals surface area contributed by atoms with Gasteiger partial charge in [0.25, 0.3) is 0 Å². The normalized spacial score (nSPS) is 21.4. The maximum atomic E-state index is 11.6. The Morgan fingerprint density at radius 1 is 1.53 bits per heavy atom. The summed E-state index contributed by atoms with van der Waals surface area (Å²) in [5, 5.41) is 3.00. The first kappa shape index (κ1) is 14.5. The minimum Gasteiger partial charge on any atom is -0.381 e. The zero-order valence-corrected chi connectivity index (χ0v) is 10.9. The van der Waals surface area contributed by atoms with Gasteiger partial charge >= 0.3 is 0 Å². The Balaban J connectivity index is 2.07. The fourth-order valence-electron chi connectivity index (χ4n) is 2.21. The second-order valence-electron chi connectivity index (χ2n) is 4.92. The van der Waals surface area contributed by atoms with Crippen LogP contribution in [0.4, 0.5) is 0 Å². The van der Waals surface area contributed by atoms with E-state index in [2.05, 4.69) is 12.2 Å².